The van der Waals surface area contributed by atoms with Crippen LogP contribution in [0, 0.1) is 19.7 Å². The molecule has 0 aliphatic carbocycles. The summed E-state index contributed by atoms with van der Waals surface area (Å²) in [5.74, 6) is -0.787. The number of halogens is 1. The van der Waals surface area contributed by atoms with E-state index in [1.54, 1.807) is 12.1 Å². The van der Waals surface area contributed by atoms with Crippen LogP contribution >= 0.6 is 0 Å². The number of phenolic OH excluding ortho intramolecular Hbond substituents is 1. The lowest BCUT2D eigenvalue weighted by Crippen LogP contribution is -2.04. The molecular formula is C22H19FO2. The van der Waals surface area contributed by atoms with E-state index in [-0.39, 0.29) is 17.1 Å². The van der Waals surface area contributed by atoms with Crippen LogP contribution in [0.5, 0.6) is 5.75 Å². The summed E-state index contributed by atoms with van der Waals surface area (Å²) >= 11 is 0. The van der Waals surface area contributed by atoms with E-state index in [1.165, 1.54) is 41.0 Å². The predicted octanol–water partition coefficient (Wildman–Crippen LogP) is 4.97. The van der Waals surface area contributed by atoms with Gasteiger partial charge in [0.1, 0.15) is 11.6 Å². The number of aryl methyl sites for hydroxylation is 2. The van der Waals surface area contributed by atoms with E-state index >= 15 is 0 Å². The maximum absolute atomic E-state index is 13.1. The number of rotatable bonds is 4. The second-order valence-corrected chi connectivity index (χ2v) is 6.23. The Morgan fingerprint density at radius 2 is 1.60 bits per heavy atom. The van der Waals surface area contributed by atoms with Gasteiger partial charge in [0, 0.05) is 5.56 Å². The smallest absolute Gasteiger partial charge is 0.196 e. The fourth-order valence-electron chi connectivity index (χ4n) is 2.96. The summed E-state index contributed by atoms with van der Waals surface area (Å²) < 4.78 is 13.1. The number of ketones is 1. The first-order valence-electron chi connectivity index (χ1n) is 8.13. The molecule has 0 radical (unpaired) electrons. The van der Waals surface area contributed by atoms with Crippen LogP contribution in [0.4, 0.5) is 4.39 Å². The summed E-state index contributed by atoms with van der Waals surface area (Å²) in [5.41, 5.74) is 5.13. The highest BCUT2D eigenvalue weighted by molar-refractivity contribution is 6.10. The molecule has 0 amide bonds. The number of phenols is 1. The standard InChI is InChI=1S/C22H19FO2/c1-14-4-3-5-15(2)19(14)12-16-6-11-21(24)20(13-16)22(25)17-7-9-18(23)10-8-17/h3-11,13,24H,12H2,1-2H3. The third-order valence-corrected chi connectivity index (χ3v) is 4.44. The lowest BCUT2D eigenvalue weighted by Gasteiger charge is -2.11. The van der Waals surface area contributed by atoms with Crippen LogP contribution in [-0.4, -0.2) is 10.9 Å². The summed E-state index contributed by atoms with van der Waals surface area (Å²) in [5, 5.41) is 10.1. The van der Waals surface area contributed by atoms with Crippen LogP contribution in [0.15, 0.2) is 60.7 Å². The van der Waals surface area contributed by atoms with Crippen LogP contribution in [0.2, 0.25) is 0 Å². The third kappa shape index (κ3) is 3.61. The molecule has 126 valence electrons. The van der Waals surface area contributed by atoms with Gasteiger partial charge in [0.05, 0.1) is 5.56 Å². The average molecular weight is 334 g/mol. The van der Waals surface area contributed by atoms with Gasteiger partial charge in [-0.05, 0) is 78.9 Å². The zero-order valence-corrected chi connectivity index (χ0v) is 14.2. The molecule has 0 aromatic heterocycles. The normalized spacial score (nSPS) is 10.7. The molecule has 2 nitrogen and oxygen atoms in total. The van der Waals surface area contributed by atoms with E-state index in [4.69, 9.17) is 0 Å². The molecule has 25 heavy (non-hydrogen) atoms. The topological polar surface area (TPSA) is 37.3 Å². The summed E-state index contributed by atoms with van der Waals surface area (Å²) in [6, 6.07) is 16.6. The average Bonchev–Trinajstić information content (AvgIpc) is 2.60. The molecule has 0 bridgehead atoms. The second kappa shape index (κ2) is 6.89. The molecule has 0 aliphatic heterocycles. The van der Waals surface area contributed by atoms with Gasteiger partial charge in [0.25, 0.3) is 0 Å². The quantitative estimate of drug-likeness (QED) is 0.684. The summed E-state index contributed by atoms with van der Waals surface area (Å²) in [7, 11) is 0. The van der Waals surface area contributed by atoms with Crippen LogP contribution in [-0.2, 0) is 6.42 Å². The Morgan fingerprint density at radius 1 is 0.960 bits per heavy atom. The van der Waals surface area contributed by atoms with Crippen molar-refractivity contribution in [3.63, 3.8) is 0 Å². The summed E-state index contributed by atoms with van der Waals surface area (Å²) in [6.07, 6.45) is 0.683. The van der Waals surface area contributed by atoms with Crippen molar-refractivity contribution >= 4 is 5.78 Å². The Kier molecular flexibility index (Phi) is 4.66. The van der Waals surface area contributed by atoms with Gasteiger partial charge in [-0.1, -0.05) is 24.3 Å². The van der Waals surface area contributed by atoms with Crippen LogP contribution in [0.25, 0.3) is 0 Å². The fraction of sp³-hybridized carbons (Fsp3) is 0.136. The Balaban J connectivity index is 1.95. The molecule has 1 N–H and O–H groups in total. The number of hydrogen-bond donors (Lipinski definition) is 1. The number of aromatic hydroxyl groups is 1. The predicted molar refractivity (Wildman–Crippen MR) is 96.7 cm³/mol. The van der Waals surface area contributed by atoms with Crippen molar-refractivity contribution in [2.45, 2.75) is 20.3 Å². The van der Waals surface area contributed by atoms with Crippen molar-refractivity contribution in [1.82, 2.24) is 0 Å². The van der Waals surface area contributed by atoms with Crippen molar-refractivity contribution in [3.8, 4) is 5.75 Å². The first-order valence-corrected chi connectivity index (χ1v) is 8.13. The molecule has 0 aliphatic rings. The Labute approximate surface area is 146 Å². The zero-order chi connectivity index (χ0) is 18.0. The summed E-state index contributed by atoms with van der Waals surface area (Å²) in [4.78, 5) is 12.6. The van der Waals surface area contributed by atoms with Crippen molar-refractivity contribution in [1.29, 1.82) is 0 Å². The lowest BCUT2D eigenvalue weighted by atomic mass is 9.93. The largest absolute Gasteiger partial charge is 0.507 e. The number of carbonyl (C=O) groups is 1. The van der Waals surface area contributed by atoms with Gasteiger partial charge >= 0.3 is 0 Å². The molecule has 0 fully saturated rings. The molecule has 0 atom stereocenters. The highest BCUT2D eigenvalue weighted by atomic mass is 19.1. The van der Waals surface area contributed by atoms with Gasteiger partial charge in [0.15, 0.2) is 5.78 Å². The second-order valence-electron chi connectivity index (χ2n) is 6.23. The minimum atomic E-state index is -0.399. The monoisotopic (exact) mass is 334 g/mol. The first kappa shape index (κ1) is 16.9. The van der Waals surface area contributed by atoms with Crippen molar-refractivity contribution in [3.05, 3.63) is 99.9 Å². The van der Waals surface area contributed by atoms with Gasteiger partial charge in [-0.3, -0.25) is 4.79 Å². The van der Waals surface area contributed by atoms with Gasteiger partial charge in [-0.15, -0.1) is 0 Å². The summed E-state index contributed by atoms with van der Waals surface area (Å²) in [6.45, 7) is 4.13. The molecule has 3 aromatic carbocycles. The zero-order valence-electron chi connectivity index (χ0n) is 14.2. The Hall–Kier alpha value is -2.94. The number of hydrogen-bond acceptors (Lipinski definition) is 2. The third-order valence-electron chi connectivity index (χ3n) is 4.44. The SMILES string of the molecule is Cc1cccc(C)c1Cc1ccc(O)c(C(=O)c2ccc(F)cc2)c1. The molecule has 3 heteroatoms. The minimum Gasteiger partial charge on any atom is -0.507 e. The van der Waals surface area contributed by atoms with E-state index in [0.29, 0.717) is 12.0 Å². The van der Waals surface area contributed by atoms with Crippen LogP contribution in [0.3, 0.4) is 0 Å². The number of benzene rings is 3. The Bertz CT molecular complexity index is 907. The molecule has 0 heterocycles. The van der Waals surface area contributed by atoms with Gasteiger partial charge in [0.2, 0.25) is 0 Å². The molecule has 3 aromatic rings. The molecular weight excluding hydrogens is 315 g/mol. The van der Waals surface area contributed by atoms with Crippen molar-refractivity contribution in [2.75, 3.05) is 0 Å². The molecule has 3 rings (SSSR count). The van der Waals surface area contributed by atoms with Crippen LogP contribution < -0.4 is 0 Å². The first-order chi connectivity index (χ1) is 12.0. The van der Waals surface area contributed by atoms with E-state index in [0.717, 1.165) is 5.56 Å². The van der Waals surface area contributed by atoms with E-state index in [9.17, 15) is 14.3 Å². The number of carbonyl (C=O) groups excluding carboxylic acids is 1. The van der Waals surface area contributed by atoms with E-state index < -0.39 is 5.82 Å². The minimum absolute atomic E-state index is 0.0698. The molecule has 0 saturated carbocycles. The van der Waals surface area contributed by atoms with E-state index in [1.807, 2.05) is 12.1 Å². The van der Waals surface area contributed by atoms with Gasteiger partial charge in [-0.2, -0.15) is 0 Å². The van der Waals surface area contributed by atoms with Crippen molar-refractivity contribution in [2.24, 2.45) is 0 Å². The maximum Gasteiger partial charge on any atom is 0.196 e. The highest BCUT2D eigenvalue weighted by Gasteiger charge is 2.15. The van der Waals surface area contributed by atoms with Gasteiger partial charge in [-0.25, -0.2) is 4.39 Å². The highest BCUT2D eigenvalue weighted by Crippen LogP contribution is 2.25. The van der Waals surface area contributed by atoms with E-state index in [2.05, 4.69) is 26.0 Å². The molecule has 0 spiro atoms. The fourth-order valence-corrected chi connectivity index (χ4v) is 2.96. The molecule has 0 unspecified atom stereocenters. The van der Waals surface area contributed by atoms with Gasteiger partial charge < -0.3 is 5.11 Å². The maximum atomic E-state index is 13.1. The van der Waals surface area contributed by atoms with Crippen molar-refractivity contribution < 1.29 is 14.3 Å². The lowest BCUT2D eigenvalue weighted by molar-refractivity contribution is 0.103. The molecule has 0 saturated heterocycles. The van der Waals surface area contributed by atoms with Crippen LogP contribution in [0.1, 0.15) is 38.2 Å². The Morgan fingerprint density at radius 3 is 2.24 bits per heavy atom.